The summed E-state index contributed by atoms with van der Waals surface area (Å²) >= 11 is 0. The Morgan fingerprint density at radius 3 is 1.62 bits per heavy atom. The van der Waals surface area contributed by atoms with Gasteiger partial charge in [0, 0.05) is 0 Å². The molecule has 0 heterocycles. The summed E-state index contributed by atoms with van der Waals surface area (Å²) in [4.78, 5) is 23.7. The smallest absolute Gasteiger partial charge is 0.439 e. The average molecular weight is 387 g/mol. The molecular formula is C18H22N2O4Si2. The van der Waals surface area contributed by atoms with Gasteiger partial charge in [0.25, 0.3) is 0 Å². The first-order valence-electron chi connectivity index (χ1n) is 8.56. The number of rotatable bonds is 6. The van der Waals surface area contributed by atoms with Crippen molar-refractivity contribution < 1.29 is 18.4 Å². The van der Waals surface area contributed by atoms with Crippen molar-refractivity contribution in [2.45, 2.75) is 25.9 Å². The number of nitrogens with zero attached hydrogens (tertiary/aromatic N) is 2. The predicted octanol–water partition coefficient (Wildman–Crippen LogP) is 3.01. The van der Waals surface area contributed by atoms with Crippen LogP contribution in [0.15, 0.2) is 70.9 Å². The van der Waals surface area contributed by atoms with Crippen molar-refractivity contribution in [2.24, 2.45) is 10.2 Å². The monoisotopic (exact) mass is 386 g/mol. The molecule has 0 saturated heterocycles. The second-order valence-electron chi connectivity index (χ2n) is 5.61. The SMILES string of the molecule is CC[SiH](CC)OC(=O)N=NC(=O)O[SiH](c1ccccc1)c1ccccc1. The molecule has 2 rings (SSSR count). The molecule has 0 aliphatic rings. The summed E-state index contributed by atoms with van der Waals surface area (Å²) in [6.45, 7) is 3.93. The number of hydrogen-bond donors (Lipinski definition) is 0. The van der Waals surface area contributed by atoms with E-state index in [-0.39, 0.29) is 0 Å². The van der Waals surface area contributed by atoms with Gasteiger partial charge in [-0.05, 0) is 22.5 Å². The van der Waals surface area contributed by atoms with Gasteiger partial charge in [0.15, 0.2) is 0 Å². The number of benzene rings is 2. The molecule has 0 spiro atoms. The number of hydrogen-bond acceptors (Lipinski definition) is 4. The third kappa shape index (κ3) is 6.05. The highest BCUT2D eigenvalue weighted by molar-refractivity contribution is 6.81. The summed E-state index contributed by atoms with van der Waals surface area (Å²) in [6, 6.07) is 20.7. The number of azo groups is 1. The van der Waals surface area contributed by atoms with Crippen LogP contribution in [0.25, 0.3) is 0 Å². The Kier molecular flexibility index (Phi) is 7.91. The maximum Gasteiger partial charge on any atom is 0.439 e. The van der Waals surface area contributed by atoms with E-state index in [9.17, 15) is 9.59 Å². The van der Waals surface area contributed by atoms with Crippen molar-refractivity contribution in [1.82, 2.24) is 0 Å². The molecule has 8 heteroatoms. The molecular weight excluding hydrogens is 364 g/mol. The van der Waals surface area contributed by atoms with E-state index in [4.69, 9.17) is 8.85 Å². The summed E-state index contributed by atoms with van der Waals surface area (Å²) in [6.07, 6.45) is -1.70. The third-order valence-electron chi connectivity index (χ3n) is 3.81. The van der Waals surface area contributed by atoms with Gasteiger partial charge in [0.1, 0.15) is 0 Å². The van der Waals surface area contributed by atoms with Crippen LogP contribution in [0, 0.1) is 0 Å². The van der Waals surface area contributed by atoms with Crippen molar-refractivity contribution in [1.29, 1.82) is 0 Å². The van der Waals surface area contributed by atoms with Gasteiger partial charge in [-0.1, -0.05) is 84.7 Å². The normalized spacial score (nSPS) is 11.1. The fourth-order valence-corrected chi connectivity index (χ4v) is 5.70. The van der Waals surface area contributed by atoms with Crippen LogP contribution in [-0.4, -0.2) is 30.3 Å². The molecule has 0 unspecified atom stereocenters. The Bertz CT molecular complexity index is 698. The minimum absolute atomic E-state index is 0.819. The Hall–Kier alpha value is -2.59. The maximum atomic E-state index is 12.1. The lowest BCUT2D eigenvalue weighted by molar-refractivity contribution is 0.201. The van der Waals surface area contributed by atoms with Gasteiger partial charge < -0.3 is 8.85 Å². The molecule has 0 aliphatic heterocycles. The number of amides is 2. The van der Waals surface area contributed by atoms with E-state index in [1.165, 1.54) is 0 Å². The van der Waals surface area contributed by atoms with Gasteiger partial charge in [0.2, 0.25) is 9.04 Å². The molecule has 0 fully saturated rings. The largest absolute Gasteiger partial charge is 0.504 e. The Balaban J connectivity index is 2.07. The summed E-state index contributed by atoms with van der Waals surface area (Å²) < 4.78 is 10.8. The molecule has 0 saturated carbocycles. The lowest BCUT2D eigenvalue weighted by Crippen LogP contribution is -2.45. The van der Waals surface area contributed by atoms with Crippen LogP contribution >= 0.6 is 0 Å². The van der Waals surface area contributed by atoms with Crippen LogP contribution in [0.1, 0.15) is 13.8 Å². The minimum atomic E-state index is -2.26. The molecule has 0 aliphatic carbocycles. The van der Waals surface area contributed by atoms with Gasteiger partial charge in [-0.3, -0.25) is 0 Å². The summed E-state index contributed by atoms with van der Waals surface area (Å²) in [7, 11) is -3.85. The fourth-order valence-electron chi connectivity index (χ4n) is 2.41. The van der Waals surface area contributed by atoms with Gasteiger partial charge >= 0.3 is 21.2 Å². The first-order chi connectivity index (χ1) is 12.6. The lowest BCUT2D eigenvalue weighted by Gasteiger charge is -2.15. The molecule has 0 N–H and O–H groups in total. The van der Waals surface area contributed by atoms with E-state index in [0.717, 1.165) is 22.5 Å². The fraction of sp³-hybridized carbons (Fsp3) is 0.222. The zero-order valence-corrected chi connectivity index (χ0v) is 17.2. The van der Waals surface area contributed by atoms with Crippen molar-refractivity contribution >= 4 is 40.6 Å². The summed E-state index contributed by atoms with van der Waals surface area (Å²) in [5, 5.41) is 8.61. The van der Waals surface area contributed by atoms with E-state index in [1.807, 2.05) is 74.5 Å². The van der Waals surface area contributed by atoms with Crippen molar-refractivity contribution in [3.05, 3.63) is 60.7 Å². The second-order valence-corrected chi connectivity index (χ2v) is 11.0. The van der Waals surface area contributed by atoms with Crippen molar-refractivity contribution in [3.8, 4) is 0 Å². The lowest BCUT2D eigenvalue weighted by atomic mass is 10.4. The van der Waals surface area contributed by atoms with E-state index >= 15 is 0 Å². The molecule has 136 valence electrons. The Morgan fingerprint density at radius 2 is 1.19 bits per heavy atom. The van der Waals surface area contributed by atoms with Crippen LogP contribution < -0.4 is 10.4 Å². The summed E-state index contributed by atoms with van der Waals surface area (Å²) in [5.41, 5.74) is 0. The number of carbonyl (C=O) groups excluding carboxylic acids is 2. The van der Waals surface area contributed by atoms with Crippen molar-refractivity contribution in [3.63, 3.8) is 0 Å². The van der Waals surface area contributed by atoms with Gasteiger partial charge in [-0.15, -0.1) is 0 Å². The topological polar surface area (TPSA) is 77.3 Å². The molecule has 6 nitrogen and oxygen atoms in total. The van der Waals surface area contributed by atoms with Gasteiger partial charge in [-0.2, -0.15) is 0 Å². The minimum Gasteiger partial charge on any atom is -0.504 e. The van der Waals surface area contributed by atoms with Crippen LogP contribution in [-0.2, 0) is 8.85 Å². The summed E-state index contributed by atoms with van der Waals surface area (Å²) in [5.74, 6) is 0. The second kappa shape index (κ2) is 10.4. The Labute approximate surface area is 156 Å². The van der Waals surface area contributed by atoms with Crippen LogP contribution in [0.3, 0.4) is 0 Å². The van der Waals surface area contributed by atoms with Crippen LogP contribution in [0.5, 0.6) is 0 Å². The first kappa shape index (κ1) is 19.7. The van der Waals surface area contributed by atoms with E-state index in [2.05, 4.69) is 10.2 Å². The van der Waals surface area contributed by atoms with E-state index in [1.54, 1.807) is 0 Å². The quantitative estimate of drug-likeness (QED) is 0.565. The van der Waals surface area contributed by atoms with Gasteiger partial charge in [0.05, 0.1) is 0 Å². The average Bonchev–Trinajstić information content (AvgIpc) is 2.70. The molecule has 0 aromatic heterocycles. The Morgan fingerprint density at radius 1 is 0.769 bits per heavy atom. The van der Waals surface area contributed by atoms with Gasteiger partial charge in [-0.25, -0.2) is 9.59 Å². The highest BCUT2D eigenvalue weighted by Crippen LogP contribution is 2.03. The molecule has 26 heavy (non-hydrogen) atoms. The molecule has 0 bridgehead atoms. The highest BCUT2D eigenvalue weighted by atomic mass is 28.3. The standard InChI is InChI=1S/C18H22N2O4Si2/c1-3-25(4-2)23-17(21)19-20-18(22)24-26(15-11-7-5-8-12-15)16-13-9-6-10-14-16/h5-14,25-26H,3-4H2,1-2H3. The van der Waals surface area contributed by atoms with Crippen LogP contribution in [0.4, 0.5) is 9.59 Å². The van der Waals surface area contributed by atoms with Crippen LogP contribution in [0.2, 0.25) is 12.1 Å². The molecule has 0 atom stereocenters. The molecule has 2 aromatic carbocycles. The first-order valence-corrected chi connectivity index (χ1v) is 12.3. The highest BCUT2D eigenvalue weighted by Gasteiger charge is 2.22. The predicted molar refractivity (Wildman–Crippen MR) is 105 cm³/mol. The van der Waals surface area contributed by atoms with Crippen molar-refractivity contribution in [2.75, 3.05) is 0 Å². The van der Waals surface area contributed by atoms with E-state index in [0.29, 0.717) is 0 Å². The third-order valence-corrected chi connectivity index (χ3v) is 8.59. The zero-order valence-electron chi connectivity index (χ0n) is 14.9. The van der Waals surface area contributed by atoms with E-state index < -0.39 is 30.3 Å². The molecule has 2 aromatic rings. The molecule has 2 amide bonds. The zero-order chi connectivity index (χ0) is 18.8. The maximum absolute atomic E-state index is 12.1. The number of carbonyl (C=O) groups is 2. The molecule has 0 radical (unpaired) electrons.